The van der Waals surface area contributed by atoms with Crippen LogP contribution in [0.25, 0.3) is 0 Å². The molecule has 8 heteroatoms. The molecule has 114 valence electrons. The van der Waals surface area contributed by atoms with E-state index < -0.39 is 6.10 Å². The lowest BCUT2D eigenvalue weighted by Crippen LogP contribution is -2.42. The Morgan fingerprint density at radius 3 is 2.91 bits per heavy atom. The van der Waals surface area contributed by atoms with Crippen molar-refractivity contribution >= 4 is 5.91 Å². The number of rotatable bonds is 2. The molecule has 3 heterocycles. The van der Waals surface area contributed by atoms with Crippen molar-refractivity contribution in [2.24, 2.45) is 0 Å². The fraction of sp³-hybridized carbons (Fsp3) is 0.357. The van der Waals surface area contributed by atoms with Gasteiger partial charge in [-0.25, -0.2) is 15.0 Å². The molecule has 0 spiro atoms. The highest BCUT2D eigenvalue weighted by molar-refractivity contribution is 5.93. The van der Waals surface area contributed by atoms with Crippen molar-refractivity contribution in [1.29, 1.82) is 0 Å². The third-order valence-electron chi connectivity index (χ3n) is 3.37. The summed E-state index contributed by atoms with van der Waals surface area (Å²) in [6, 6.07) is 1.40. The fourth-order valence-corrected chi connectivity index (χ4v) is 2.37. The van der Waals surface area contributed by atoms with Gasteiger partial charge in [0.1, 0.15) is 18.3 Å². The number of carbonyl (C=O) groups excluding carboxylic acids is 1. The van der Waals surface area contributed by atoms with Crippen LogP contribution in [-0.2, 0) is 4.74 Å². The van der Waals surface area contributed by atoms with E-state index in [1.54, 1.807) is 11.8 Å². The average Bonchev–Trinajstić information content (AvgIpc) is 2.54. The first-order valence-electron chi connectivity index (χ1n) is 6.87. The third kappa shape index (κ3) is 3.01. The summed E-state index contributed by atoms with van der Waals surface area (Å²) in [7, 11) is 0. The van der Waals surface area contributed by atoms with E-state index in [1.807, 2.05) is 0 Å². The predicted octanol–water partition coefficient (Wildman–Crippen LogP) is 0.0820. The number of hydrogen-bond donors (Lipinski definition) is 1. The molecule has 0 bridgehead atoms. The molecule has 3 rings (SSSR count). The Kier molecular flexibility index (Phi) is 3.92. The molecule has 8 nitrogen and oxygen atoms in total. The molecule has 1 aliphatic heterocycles. The summed E-state index contributed by atoms with van der Waals surface area (Å²) >= 11 is 0. The number of carbonyl (C=O) groups is 1. The average molecular weight is 301 g/mol. The van der Waals surface area contributed by atoms with Gasteiger partial charge in [-0.15, -0.1) is 0 Å². The summed E-state index contributed by atoms with van der Waals surface area (Å²) in [6.45, 7) is 2.91. The van der Waals surface area contributed by atoms with Gasteiger partial charge in [-0.05, 0) is 6.92 Å². The maximum absolute atomic E-state index is 12.4. The Hall–Kier alpha value is -2.61. The van der Waals surface area contributed by atoms with Crippen molar-refractivity contribution in [2.75, 3.05) is 19.7 Å². The molecular formula is C14H15N5O3. The van der Waals surface area contributed by atoms with Crippen LogP contribution in [0.15, 0.2) is 29.6 Å². The second-order valence-corrected chi connectivity index (χ2v) is 4.99. The van der Waals surface area contributed by atoms with E-state index in [-0.39, 0.29) is 11.5 Å². The summed E-state index contributed by atoms with van der Waals surface area (Å²) in [4.78, 5) is 40.2. The molecular weight excluding hydrogens is 286 g/mol. The van der Waals surface area contributed by atoms with E-state index in [1.165, 1.54) is 24.8 Å². The minimum atomic E-state index is -0.414. The van der Waals surface area contributed by atoms with Crippen LogP contribution >= 0.6 is 0 Å². The Morgan fingerprint density at radius 1 is 1.41 bits per heavy atom. The van der Waals surface area contributed by atoms with E-state index in [2.05, 4.69) is 19.9 Å². The molecule has 0 radical (unpaired) electrons. The number of nitrogens with zero attached hydrogens (tertiary/aromatic N) is 4. The van der Waals surface area contributed by atoms with Crippen LogP contribution in [0.3, 0.4) is 0 Å². The highest BCUT2D eigenvalue weighted by Gasteiger charge is 2.27. The molecule has 1 fully saturated rings. The first-order chi connectivity index (χ1) is 10.6. The molecule has 0 aliphatic carbocycles. The zero-order valence-corrected chi connectivity index (χ0v) is 12.0. The summed E-state index contributed by atoms with van der Waals surface area (Å²) in [5.74, 6) is 0.362. The molecule has 0 aromatic carbocycles. The lowest BCUT2D eigenvalue weighted by molar-refractivity contribution is -0.0249. The molecule has 2 aromatic heterocycles. The lowest BCUT2D eigenvalue weighted by atomic mass is 10.1. The Balaban J connectivity index is 1.79. The van der Waals surface area contributed by atoms with Crippen molar-refractivity contribution < 1.29 is 9.53 Å². The van der Waals surface area contributed by atoms with Gasteiger partial charge in [0.2, 0.25) is 0 Å². The van der Waals surface area contributed by atoms with Crippen LogP contribution in [0.2, 0.25) is 0 Å². The van der Waals surface area contributed by atoms with Gasteiger partial charge in [0, 0.05) is 25.0 Å². The molecule has 1 atom stereocenters. The maximum atomic E-state index is 12.4. The van der Waals surface area contributed by atoms with Crippen LogP contribution in [0.1, 0.15) is 28.0 Å². The summed E-state index contributed by atoms with van der Waals surface area (Å²) in [5.41, 5.74) is 0.729. The molecule has 1 aliphatic rings. The first-order valence-corrected chi connectivity index (χ1v) is 6.87. The van der Waals surface area contributed by atoms with E-state index in [9.17, 15) is 9.59 Å². The van der Waals surface area contributed by atoms with Crippen molar-refractivity contribution in [3.63, 3.8) is 0 Å². The first kappa shape index (κ1) is 14.3. The molecule has 1 N–H and O–H groups in total. The molecule has 0 saturated carbocycles. The topological polar surface area (TPSA) is 101 Å². The van der Waals surface area contributed by atoms with Crippen molar-refractivity contribution in [1.82, 2.24) is 24.8 Å². The lowest BCUT2D eigenvalue weighted by Gasteiger charge is -2.32. The quantitative estimate of drug-likeness (QED) is 0.843. The van der Waals surface area contributed by atoms with Crippen molar-refractivity contribution in [2.45, 2.75) is 13.0 Å². The standard InChI is InChI=1S/C14H15N5O3/c1-9-17-11(4-13(20)18-9)12-7-19(2-3-22-12)14(21)10-5-15-8-16-6-10/h4-6,8,12H,2-3,7H2,1H3,(H,17,18,20)/t12-/m0/s1. The Labute approximate surface area is 126 Å². The molecule has 1 amide bonds. The minimum absolute atomic E-state index is 0.157. The summed E-state index contributed by atoms with van der Waals surface area (Å²) in [6.07, 6.45) is 3.93. The van der Waals surface area contributed by atoms with Gasteiger partial charge < -0.3 is 14.6 Å². The van der Waals surface area contributed by atoms with Gasteiger partial charge in [-0.1, -0.05) is 0 Å². The van der Waals surface area contributed by atoms with Crippen LogP contribution in [0.4, 0.5) is 0 Å². The van der Waals surface area contributed by atoms with Gasteiger partial charge in [-0.2, -0.15) is 0 Å². The van der Waals surface area contributed by atoms with Gasteiger partial charge in [0.05, 0.1) is 24.4 Å². The number of hydrogen-bond acceptors (Lipinski definition) is 6. The maximum Gasteiger partial charge on any atom is 0.257 e. The smallest absolute Gasteiger partial charge is 0.257 e. The van der Waals surface area contributed by atoms with E-state index in [0.717, 1.165) is 0 Å². The fourth-order valence-electron chi connectivity index (χ4n) is 2.37. The van der Waals surface area contributed by atoms with Crippen LogP contribution in [-0.4, -0.2) is 50.4 Å². The highest BCUT2D eigenvalue weighted by atomic mass is 16.5. The van der Waals surface area contributed by atoms with Gasteiger partial charge in [0.15, 0.2) is 0 Å². The van der Waals surface area contributed by atoms with Gasteiger partial charge >= 0.3 is 0 Å². The van der Waals surface area contributed by atoms with Crippen molar-refractivity contribution in [3.05, 3.63) is 52.2 Å². The van der Waals surface area contributed by atoms with E-state index in [4.69, 9.17) is 4.74 Å². The Bertz CT molecular complexity index is 731. The van der Waals surface area contributed by atoms with E-state index >= 15 is 0 Å². The number of morpholine rings is 1. The number of aromatic amines is 1. The largest absolute Gasteiger partial charge is 0.368 e. The molecule has 2 aromatic rings. The monoisotopic (exact) mass is 301 g/mol. The zero-order chi connectivity index (χ0) is 15.5. The minimum Gasteiger partial charge on any atom is -0.368 e. The summed E-state index contributed by atoms with van der Waals surface area (Å²) < 4.78 is 5.65. The molecule has 0 unspecified atom stereocenters. The second-order valence-electron chi connectivity index (χ2n) is 4.99. The Morgan fingerprint density at radius 2 is 2.18 bits per heavy atom. The number of amides is 1. The van der Waals surface area contributed by atoms with Crippen LogP contribution in [0.5, 0.6) is 0 Å². The molecule has 1 saturated heterocycles. The number of H-pyrrole nitrogens is 1. The third-order valence-corrected chi connectivity index (χ3v) is 3.37. The SMILES string of the molecule is Cc1nc([C@@H]2CN(C(=O)c3cncnc3)CCO2)cc(=O)[nH]1. The van der Waals surface area contributed by atoms with Crippen LogP contribution < -0.4 is 5.56 Å². The summed E-state index contributed by atoms with van der Waals surface area (Å²) in [5, 5.41) is 0. The number of ether oxygens (including phenoxy) is 1. The number of aromatic nitrogens is 4. The normalized spacial score (nSPS) is 18.2. The van der Waals surface area contributed by atoms with Gasteiger partial charge in [0.25, 0.3) is 11.5 Å². The number of aryl methyl sites for hydroxylation is 1. The highest BCUT2D eigenvalue weighted by Crippen LogP contribution is 2.20. The van der Waals surface area contributed by atoms with E-state index in [0.29, 0.717) is 36.8 Å². The van der Waals surface area contributed by atoms with Gasteiger partial charge in [-0.3, -0.25) is 9.59 Å². The second kappa shape index (κ2) is 6.02. The zero-order valence-electron chi connectivity index (χ0n) is 12.0. The van der Waals surface area contributed by atoms with Crippen molar-refractivity contribution in [3.8, 4) is 0 Å². The van der Waals surface area contributed by atoms with Crippen LogP contribution in [0, 0.1) is 6.92 Å². The number of nitrogens with one attached hydrogen (secondary N) is 1. The molecule has 22 heavy (non-hydrogen) atoms. The predicted molar refractivity (Wildman–Crippen MR) is 76.2 cm³/mol.